The fourth-order valence-corrected chi connectivity index (χ4v) is 3.28. The molecule has 1 N–H and O–H groups in total. The van der Waals surface area contributed by atoms with Gasteiger partial charge in [0.2, 0.25) is 5.75 Å². The van der Waals surface area contributed by atoms with Crippen LogP contribution in [0.1, 0.15) is 12.0 Å². The third kappa shape index (κ3) is 3.94. The number of aryl methyl sites for hydroxylation is 2. The molecule has 9 heteroatoms. The van der Waals surface area contributed by atoms with E-state index in [0.29, 0.717) is 28.6 Å². The number of hydrogen-bond acceptors (Lipinski definition) is 5. The number of ether oxygens (including phenoxy) is 1. The van der Waals surface area contributed by atoms with Crippen LogP contribution in [0.5, 0.6) is 11.5 Å². The summed E-state index contributed by atoms with van der Waals surface area (Å²) in [4.78, 5) is 16.6. The minimum atomic E-state index is -0.911. The molecule has 0 amide bonds. The van der Waals surface area contributed by atoms with Gasteiger partial charge in [0.1, 0.15) is 5.75 Å². The normalized spacial score (nSPS) is 11.0. The predicted molar refractivity (Wildman–Crippen MR) is 105 cm³/mol. The third-order valence-corrected chi connectivity index (χ3v) is 4.98. The Hall–Kier alpha value is -2.68. The second kappa shape index (κ2) is 8.55. The maximum absolute atomic E-state index is 14.7. The Bertz CT molecular complexity index is 1070. The topological polar surface area (TPSA) is 56.1 Å². The largest absolute Gasteiger partial charge is 0.451 e. The lowest BCUT2D eigenvalue weighted by Crippen LogP contribution is -2.18. The van der Waals surface area contributed by atoms with Gasteiger partial charge >= 0.3 is 0 Å². The minimum absolute atomic E-state index is 0.0243. The van der Waals surface area contributed by atoms with Crippen LogP contribution < -0.4 is 15.0 Å². The minimum Gasteiger partial charge on any atom is -0.451 e. The van der Waals surface area contributed by atoms with Crippen molar-refractivity contribution < 1.29 is 17.9 Å². The summed E-state index contributed by atoms with van der Waals surface area (Å²) in [6.07, 6.45) is 1.73. The van der Waals surface area contributed by atoms with Crippen molar-refractivity contribution in [3.8, 4) is 11.5 Å². The number of nitrogens with zero attached hydrogens (tertiary/aromatic N) is 2. The molecular weight excluding hydrogens is 391 g/mol. The molecule has 0 radical (unpaired) electrons. The molecule has 0 saturated heterocycles. The highest BCUT2D eigenvalue weighted by Crippen LogP contribution is 2.35. The van der Waals surface area contributed by atoms with E-state index in [-0.39, 0.29) is 17.0 Å². The Morgan fingerprint density at radius 3 is 2.79 bits per heavy atom. The monoisotopic (exact) mass is 409 g/mol. The number of halogens is 3. The van der Waals surface area contributed by atoms with Gasteiger partial charge in [0, 0.05) is 18.4 Å². The van der Waals surface area contributed by atoms with E-state index in [1.807, 2.05) is 0 Å². The summed E-state index contributed by atoms with van der Waals surface area (Å²) in [6.45, 7) is 1.16. The molecule has 0 aliphatic heterocycles. The molecule has 3 rings (SSSR count). The summed E-state index contributed by atoms with van der Waals surface area (Å²) in [5.41, 5.74) is 0.638. The molecule has 0 atom stereocenters. The molecule has 28 heavy (non-hydrogen) atoms. The highest BCUT2D eigenvalue weighted by atomic mass is 32.2. The first-order valence-corrected chi connectivity index (χ1v) is 9.47. The molecule has 0 aliphatic carbocycles. The molecule has 148 valence electrons. The van der Waals surface area contributed by atoms with Crippen LogP contribution in [0.3, 0.4) is 0 Å². The van der Waals surface area contributed by atoms with Gasteiger partial charge in [-0.15, -0.1) is 0 Å². The zero-order valence-corrected chi connectivity index (χ0v) is 16.1. The third-order valence-electron chi connectivity index (χ3n) is 4.12. The van der Waals surface area contributed by atoms with Crippen molar-refractivity contribution >= 4 is 28.5 Å². The molecule has 0 unspecified atom stereocenters. The summed E-state index contributed by atoms with van der Waals surface area (Å²) >= 11 is 1.11. The Labute approximate surface area is 163 Å². The Balaban J connectivity index is 1.96. The maximum atomic E-state index is 14.7. The first-order valence-electron chi connectivity index (χ1n) is 8.48. The molecule has 1 aromatic heterocycles. The van der Waals surface area contributed by atoms with Gasteiger partial charge in [-0.05, 0) is 37.6 Å². The number of alkyl halides is 1. The first-order chi connectivity index (χ1) is 13.4. The lowest BCUT2D eigenvalue weighted by molar-refractivity contribution is 0.407. The number of aromatic nitrogens is 2. The van der Waals surface area contributed by atoms with Gasteiger partial charge in [0.05, 0.1) is 29.6 Å². The number of benzene rings is 2. The van der Waals surface area contributed by atoms with Crippen molar-refractivity contribution in [3.05, 3.63) is 58.1 Å². The summed E-state index contributed by atoms with van der Waals surface area (Å²) in [7, 11) is 1.57. The van der Waals surface area contributed by atoms with E-state index in [9.17, 15) is 18.0 Å². The van der Waals surface area contributed by atoms with Crippen molar-refractivity contribution in [2.75, 3.05) is 17.1 Å². The fourth-order valence-electron chi connectivity index (χ4n) is 2.61. The van der Waals surface area contributed by atoms with Gasteiger partial charge in [-0.1, -0.05) is 11.9 Å². The predicted octanol–water partition coefficient (Wildman–Crippen LogP) is 4.73. The van der Waals surface area contributed by atoms with Gasteiger partial charge < -0.3 is 14.0 Å². The van der Waals surface area contributed by atoms with Crippen LogP contribution in [0.15, 0.2) is 35.4 Å². The van der Waals surface area contributed by atoms with Gasteiger partial charge in [-0.2, -0.15) is 0 Å². The summed E-state index contributed by atoms with van der Waals surface area (Å²) in [5, 5.41) is 0.319. The van der Waals surface area contributed by atoms with Crippen molar-refractivity contribution in [3.63, 3.8) is 0 Å². The molecular formula is C19H18F3N3O2S. The second-order valence-corrected chi connectivity index (χ2v) is 6.98. The zero-order valence-electron chi connectivity index (χ0n) is 15.3. The average molecular weight is 409 g/mol. The quantitative estimate of drug-likeness (QED) is 0.452. The lowest BCUT2D eigenvalue weighted by Gasteiger charge is -2.14. The van der Waals surface area contributed by atoms with E-state index < -0.39 is 24.1 Å². The second-order valence-electron chi connectivity index (χ2n) is 6.08. The van der Waals surface area contributed by atoms with E-state index in [2.05, 4.69) is 9.71 Å². The summed E-state index contributed by atoms with van der Waals surface area (Å²) in [6, 6.07) is 5.39. The maximum Gasteiger partial charge on any atom is 0.261 e. The molecule has 2 aromatic carbocycles. The fraction of sp³-hybridized carbons (Fsp3) is 0.263. The Morgan fingerprint density at radius 1 is 1.25 bits per heavy atom. The van der Waals surface area contributed by atoms with E-state index in [4.69, 9.17) is 4.74 Å². The smallest absolute Gasteiger partial charge is 0.261 e. The van der Waals surface area contributed by atoms with Crippen LogP contribution in [0.25, 0.3) is 10.9 Å². The van der Waals surface area contributed by atoms with Gasteiger partial charge in [0.25, 0.3) is 5.56 Å². The van der Waals surface area contributed by atoms with Crippen molar-refractivity contribution in [2.45, 2.75) is 13.3 Å². The van der Waals surface area contributed by atoms with E-state index >= 15 is 0 Å². The van der Waals surface area contributed by atoms with Crippen molar-refractivity contribution in [1.82, 2.24) is 9.55 Å². The Kier molecular flexibility index (Phi) is 6.13. The SMILES string of the molecule is Cc1c(Oc2c(F)ccc(NSCCCF)c2F)ccc2ncn(C)c(=O)c12. The molecule has 5 nitrogen and oxygen atoms in total. The van der Waals surface area contributed by atoms with Crippen molar-refractivity contribution in [2.24, 2.45) is 7.05 Å². The average Bonchev–Trinajstić information content (AvgIpc) is 2.68. The van der Waals surface area contributed by atoms with Gasteiger partial charge in [-0.25, -0.2) is 13.8 Å². The zero-order chi connectivity index (χ0) is 20.3. The van der Waals surface area contributed by atoms with Gasteiger partial charge in [-0.3, -0.25) is 9.18 Å². The van der Waals surface area contributed by atoms with Crippen LogP contribution >= 0.6 is 11.9 Å². The molecule has 0 aliphatic rings. The highest BCUT2D eigenvalue weighted by Gasteiger charge is 2.18. The summed E-state index contributed by atoms with van der Waals surface area (Å²) in [5.74, 6) is -1.79. The van der Waals surface area contributed by atoms with Gasteiger partial charge in [0.15, 0.2) is 11.6 Å². The molecule has 3 aromatic rings. The molecule has 0 fully saturated rings. The molecule has 1 heterocycles. The molecule has 0 spiro atoms. The van der Waals surface area contributed by atoms with Crippen molar-refractivity contribution in [1.29, 1.82) is 0 Å². The van der Waals surface area contributed by atoms with Crippen LogP contribution in [-0.2, 0) is 7.05 Å². The van der Waals surface area contributed by atoms with Crippen LogP contribution in [0, 0.1) is 18.6 Å². The number of nitrogens with one attached hydrogen (secondary N) is 1. The van der Waals surface area contributed by atoms with E-state index in [1.54, 1.807) is 20.0 Å². The number of rotatable bonds is 7. The Morgan fingerprint density at radius 2 is 2.04 bits per heavy atom. The van der Waals surface area contributed by atoms with E-state index in [0.717, 1.165) is 18.0 Å². The molecule has 0 bridgehead atoms. The number of anilines is 1. The van der Waals surface area contributed by atoms with E-state index in [1.165, 1.54) is 23.0 Å². The van der Waals surface area contributed by atoms with Crippen LogP contribution in [0.2, 0.25) is 0 Å². The highest BCUT2D eigenvalue weighted by molar-refractivity contribution is 8.00. The molecule has 0 saturated carbocycles. The van der Waals surface area contributed by atoms with Crippen LogP contribution in [-0.4, -0.2) is 22.0 Å². The standard InChI is InChI=1S/C19H18F3N3O2S/c1-11-15(7-6-13-16(11)19(26)25(2)10-23-13)27-18-12(21)4-5-14(17(18)22)24-28-9-3-8-20/h4-7,10,24H,3,8-9H2,1-2H3. The summed E-state index contributed by atoms with van der Waals surface area (Å²) < 4.78 is 50.6. The number of fused-ring (bicyclic) bond motifs is 1. The lowest BCUT2D eigenvalue weighted by atomic mass is 10.1. The number of hydrogen-bond donors (Lipinski definition) is 1. The van der Waals surface area contributed by atoms with Crippen LogP contribution in [0.4, 0.5) is 18.9 Å². The first kappa shape index (κ1) is 20.1.